The highest BCUT2D eigenvalue weighted by atomic mass is 32.1. The van der Waals surface area contributed by atoms with E-state index in [2.05, 4.69) is 44.7 Å². The Morgan fingerprint density at radius 2 is 1.86 bits per heavy atom. The number of rotatable bonds is 1. The molecular weight excluding hydrogens is 208 g/mol. The van der Waals surface area contributed by atoms with Gasteiger partial charge in [0.2, 0.25) is 0 Å². The standard InChI is InChI=1S/C12H12S2/c1-8-7-9(2)14-12(8)10-5-3-4-6-11(10)13/h3-7,13H,1-2H3. The van der Waals surface area contributed by atoms with Crippen LogP contribution in [-0.2, 0) is 0 Å². The molecule has 0 bridgehead atoms. The minimum Gasteiger partial charge on any atom is -0.143 e. The van der Waals surface area contributed by atoms with Gasteiger partial charge in [0.1, 0.15) is 0 Å². The Hall–Kier alpha value is -0.730. The smallest absolute Gasteiger partial charge is 0.0385 e. The molecule has 1 heterocycles. The van der Waals surface area contributed by atoms with Crippen LogP contribution in [0.4, 0.5) is 0 Å². The summed E-state index contributed by atoms with van der Waals surface area (Å²) in [5.41, 5.74) is 2.58. The second-order valence-electron chi connectivity index (χ2n) is 3.39. The van der Waals surface area contributed by atoms with E-state index in [9.17, 15) is 0 Å². The summed E-state index contributed by atoms with van der Waals surface area (Å²) in [6.07, 6.45) is 0. The Morgan fingerprint density at radius 3 is 2.43 bits per heavy atom. The lowest BCUT2D eigenvalue weighted by Gasteiger charge is -2.02. The van der Waals surface area contributed by atoms with Gasteiger partial charge in [0.05, 0.1) is 0 Å². The molecule has 14 heavy (non-hydrogen) atoms. The molecule has 0 spiro atoms. The van der Waals surface area contributed by atoms with Gasteiger partial charge in [0.15, 0.2) is 0 Å². The highest BCUT2D eigenvalue weighted by Crippen LogP contribution is 2.35. The molecule has 72 valence electrons. The van der Waals surface area contributed by atoms with Crippen LogP contribution in [0.3, 0.4) is 0 Å². The molecular formula is C12H12S2. The maximum Gasteiger partial charge on any atom is 0.0385 e. The van der Waals surface area contributed by atoms with E-state index in [0.29, 0.717) is 0 Å². The zero-order valence-electron chi connectivity index (χ0n) is 8.24. The predicted molar refractivity (Wildman–Crippen MR) is 66.5 cm³/mol. The first kappa shape index (κ1) is 9.81. The highest BCUT2D eigenvalue weighted by Gasteiger charge is 2.07. The number of benzene rings is 1. The van der Waals surface area contributed by atoms with E-state index < -0.39 is 0 Å². The third-order valence-corrected chi connectivity index (χ3v) is 3.77. The molecule has 0 aliphatic heterocycles. The molecule has 0 amide bonds. The number of thiophene rings is 1. The van der Waals surface area contributed by atoms with E-state index in [1.807, 2.05) is 23.5 Å². The third kappa shape index (κ3) is 1.72. The van der Waals surface area contributed by atoms with Crippen LogP contribution >= 0.6 is 24.0 Å². The van der Waals surface area contributed by atoms with E-state index in [-0.39, 0.29) is 0 Å². The Morgan fingerprint density at radius 1 is 1.14 bits per heavy atom. The highest BCUT2D eigenvalue weighted by molar-refractivity contribution is 7.80. The summed E-state index contributed by atoms with van der Waals surface area (Å²) in [5, 5.41) is 0. The first-order valence-corrected chi connectivity index (χ1v) is 5.80. The maximum absolute atomic E-state index is 4.47. The van der Waals surface area contributed by atoms with E-state index >= 15 is 0 Å². The number of hydrogen-bond acceptors (Lipinski definition) is 2. The largest absolute Gasteiger partial charge is 0.143 e. The molecule has 0 atom stereocenters. The minimum absolute atomic E-state index is 1.05. The summed E-state index contributed by atoms with van der Waals surface area (Å²) >= 11 is 6.31. The lowest BCUT2D eigenvalue weighted by Crippen LogP contribution is -1.77. The van der Waals surface area contributed by atoms with Crippen molar-refractivity contribution in [2.24, 2.45) is 0 Å². The molecule has 0 unspecified atom stereocenters. The first-order chi connectivity index (χ1) is 6.68. The van der Waals surface area contributed by atoms with Crippen LogP contribution in [0.15, 0.2) is 35.2 Å². The average Bonchev–Trinajstić information content (AvgIpc) is 2.46. The zero-order valence-corrected chi connectivity index (χ0v) is 9.95. The van der Waals surface area contributed by atoms with Crippen LogP contribution in [0.1, 0.15) is 10.4 Å². The molecule has 2 rings (SSSR count). The minimum atomic E-state index is 1.05. The molecule has 2 aromatic rings. The van der Waals surface area contributed by atoms with Gasteiger partial charge in [-0.25, -0.2) is 0 Å². The quantitative estimate of drug-likeness (QED) is 0.680. The summed E-state index contributed by atoms with van der Waals surface area (Å²) in [6, 6.07) is 10.5. The number of aryl methyl sites for hydroxylation is 2. The topological polar surface area (TPSA) is 0 Å². The fraction of sp³-hybridized carbons (Fsp3) is 0.167. The van der Waals surface area contributed by atoms with E-state index in [1.54, 1.807) is 0 Å². The van der Waals surface area contributed by atoms with Crippen molar-refractivity contribution in [2.45, 2.75) is 18.7 Å². The first-order valence-electron chi connectivity index (χ1n) is 4.54. The van der Waals surface area contributed by atoms with E-state index in [4.69, 9.17) is 0 Å². The molecule has 0 nitrogen and oxygen atoms in total. The van der Waals surface area contributed by atoms with Gasteiger partial charge in [0.25, 0.3) is 0 Å². The summed E-state index contributed by atoms with van der Waals surface area (Å²) in [5.74, 6) is 0. The van der Waals surface area contributed by atoms with Gasteiger partial charge >= 0.3 is 0 Å². The van der Waals surface area contributed by atoms with E-state index in [0.717, 1.165) is 4.90 Å². The van der Waals surface area contributed by atoms with E-state index in [1.165, 1.54) is 20.9 Å². The van der Waals surface area contributed by atoms with Crippen molar-refractivity contribution >= 4 is 24.0 Å². The third-order valence-electron chi connectivity index (χ3n) is 2.19. The molecule has 1 aromatic heterocycles. The van der Waals surface area contributed by atoms with Gasteiger partial charge in [-0.05, 0) is 31.5 Å². The normalized spacial score (nSPS) is 10.5. The van der Waals surface area contributed by atoms with Crippen LogP contribution in [0, 0.1) is 13.8 Å². The van der Waals surface area contributed by atoms with Crippen LogP contribution in [-0.4, -0.2) is 0 Å². The Bertz CT molecular complexity index is 455. The van der Waals surface area contributed by atoms with Gasteiger partial charge in [-0.15, -0.1) is 24.0 Å². The molecule has 0 aliphatic rings. The van der Waals surface area contributed by atoms with Crippen molar-refractivity contribution in [2.75, 3.05) is 0 Å². The second-order valence-corrected chi connectivity index (χ2v) is 5.12. The summed E-state index contributed by atoms with van der Waals surface area (Å²) < 4.78 is 0. The monoisotopic (exact) mass is 220 g/mol. The van der Waals surface area contributed by atoms with Gasteiger partial charge in [-0.1, -0.05) is 18.2 Å². The maximum atomic E-state index is 4.47. The summed E-state index contributed by atoms with van der Waals surface area (Å²) in [4.78, 5) is 3.75. The van der Waals surface area contributed by atoms with Gasteiger partial charge in [-0.2, -0.15) is 0 Å². The van der Waals surface area contributed by atoms with Crippen molar-refractivity contribution in [1.29, 1.82) is 0 Å². The van der Waals surface area contributed by atoms with Crippen LogP contribution < -0.4 is 0 Å². The van der Waals surface area contributed by atoms with Gasteiger partial charge in [-0.3, -0.25) is 0 Å². The molecule has 0 saturated heterocycles. The van der Waals surface area contributed by atoms with Crippen LogP contribution in [0.2, 0.25) is 0 Å². The molecule has 0 fully saturated rings. The van der Waals surface area contributed by atoms with Gasteiger partial charge < -0.3 is 0 Å². The lowest BCUT2D eigenvalue weighted by atomic mass is 10.1. The van der Waals surface area contributed by atoms with Crippen molar-refractivity contribution < 1.29 is 0 Å². The Balaban J connectivity index is 2.60. The summed E-state index contributed by atoms with van der Waals surface area (Å²) in [7, 11) is 0. The molecule has 0 radical (unpaired) electrons. The van der Waals surface area contributed by atoms with Gasteiger partial charge in [0, 0.05) is 20.2 Å². The molecule has 0 N–H and O–H groups in total. The SMILES string of the molecule is Cc1cc(C)c(-c2ccccc2S)s1. The molecule has 0 saturated carbocycles. The number of thiol groups is 1. The Kier molecular flexibility index (Phi) is 2.66. The van der Waals surface area contributed by atoms with Crippen molar-refractivity contribution in [3.63, 3.8) is 0 Å². The second kappa shape index (κ2) is 3.79. The van der Waals surface area contributed by atoms with Crippen molar-refractivity contribution in [3.05, 3.63) is 40.8 Å². The zero-order chi connectivity index (χ0) is 10.1. The average molecular weight is 220 g/mol. The van der Waals surface area contributed by atoms with Crippen LogP contribution in [0.5, 0.6) is 0 Å². The molecule has 0 aliphatic carbocycles. The molecule has 1 aromatic carbocycles. The fourth-order valence-electron chi connectivity index (χ4n) is 1.57. The number of hydrogen-bond donors (Lipinski definition) is 1. The Labute approximate surface area is 94.0 Å². The predicted octanol–water partition coefficient (Wildman–Crippen LogP) is 4.32. The molecule has 2 heteroatoms. The fourth-order valence-corrected chi connectivity index (χ4v) is 2.99. The lowest BCUT2D eigenvalue weighted by molar-refractivity contribution is 1.44. The van der Waals surface area contributed by atoms with Crippen LogP contribution in [0.25, 0.3) is 10.4 Å². The summed E-state index contributed by atoms with van der Waals surface area (Å²) in [6.45, 7) is 4.29. The van der Waals surface area contributed by atoms with Crippen molar-refractivity contribution in [1.82, 2.24) is 0 Å². The van der Waals surface area contributed by atoms with Crippen molar-refractivity contribution in [3.8, 4) is 10.4 Å².